The van der Waals surface area contributed by atoms with Crippen molar-refractivity contribution in [3.63, 3.8) is 0 Å². The maximum Gasteiger partial charge on any atom is 0.303 e. The molecule has 0 heterocycles. The Morgan fingerprint density at radius 2 is 1.00 bits per heavy atom. The van der Waals surface area contributed by atoms with E-state index < -0.39 is 5.97 Å². The summed E-state index contributed by atoms with van der Waals surface area (Å²) in [7, 11) is 0. The number of carboxylic acids is 1. The molecule has 0 atom stereocenters. The van der Waals surface area contributed by atoms with Crippen LogP contribution >= 0.6 is 23.2 Å². The molecule has 2 aromatic rings. The van der Waals surface area contributed by atoms with E-state index in [1.165, 1.54) is 32.1 Å². The van der Waals surface area contributed by atoms with Gasteiger partial charge < -0.3 is 38.7 Å². The highest BCUT2D eigenvalue weighted by Gasteiger charge is 1.99. The average molecular weight is 678 g/mol. The number of carboxylic acid groups (broad SMARTS) is 1. The van der Waals surface area contributed by atoms with Crippen LogP contribution in [0.15, 0.2) is 68.5 Å². The zero-order valence-corrected chi connectivity index (χ0v) is 28.2. The monoisotopic (exact) mass is 676 g/mol. The van der Waals surface area contributed by atoms with E-state index in [1.807, 2.05) is 0 Å². The molecule has 0 fully saturated rings. The lowest BCUT2D eigenvalue weighted by Gasteiger charge is -2.05. The molecule has 0 bridgehead atoms. The van der Waals surface area contributed by atoms with Crippen LogP contribution in [-0.2, 0) is 4.79 Å². The number of aliphatic carboxylic acids is 1. The summed E-state index contributed by atoms with van der Waals surface area (Å²) >= 11 is 11.7. The lowest BCUT2D eigenvalue weighted by Crippen LogP contribution is -2.26. The molecular formula is C32H50Cl2N10O2. The third-order valence-corrected chi connectivity index (χ3v) is 6.82. The van der Waals surface area contributed by atoms with E-state index in [0.29, 0.717) is 29.6 Å². The van der Waals surface area contributed by atoms with Crippen LogP contribution < -0.4 is 33.6 Å². The molecule has 14 heteroatoms. The third-order valence-electron chi connectivity index (χ3n) is 6.31. The number of nitrogens with one attached hydrogen (secondary N) is 2. The zero-order valence-electron chi connectivity index (χ0n) is 26.7. The number of guanidine groups is 4. The first kappa shape index (κ1) is 40.0. The molecule has 2 rings (SSSR count). The summed E-state index contributed by atoms with van der Waals surface area (Å²) in [6, 6.07) is 14.1. The predicted octanol–water partition coefficient (Wildman–Crippen LogP) is 6.55. The lowest BCUT2D eigenvalue weighted by molar-refractivity contribution is -0.137. The number of nitrogens with zero attached hydrogens (tertiary/aromatic N) is 4. The number of anilines is 2. The second-order valence-corrected chi connectivity index (χ2v) is 11.3. The minimum Gasteiger partial charge on any atom is -0.481 e. The van der Waals surface area contributed by atoms with E-state index in [2.05, 4.69) is 37.5 Å². The molecule has 0 saturated carbocycles. The Balaban J connectivity index is 0.000000745. The van der Waals surface area contributed by atoms with Crippen molar-refractivity contribution < 1.29 is 9.90 Å². The molecule has 46 heavy (non-hydrogen) atoms. The van der Waals surface area contributed by atoms with E-state index >= 15 is 0 Å². The van der Waals surface area contributed by atoms with Gasteiger partial charge in [-0.25, -0.2) is 0 Å². The topological polar surface area (TPSA) is 215 Å². The number of benzene rings is 2. The van der Waals surface area contributed by atoms with Gasteiger partial charge in [0.25, 0.3) is 0 Å². The fourth-order valence-electron chi connectivity index (χ4n) is 3.93. The Labute approximate surface area is 282 Å². The van der Waals surface area contributed by atoms with E-state index in [-0.39, 0.29) is 23.8 Å². The predicted molar refractivity (Wildman–Crippen MR) is 195 cm³/mol. The summed E-state index contributed by atoms with van der Waals surface area (Å²) in [5.74, 6) is -0.0991. The third kappa shape index (κ3) is 22.5. The van der Waals surface area contributed by atoms with Crippen molar-refractivity contribution in [2.75, 3.05) is 23.7 Å². The number of nitrogens with two attached hydrogens (primary N) is 4. The van der Waals surface area contributed by atoms with Gasteiger partial charge in [0.1, 0.15) is 0 Å². The molecule has 0 aliphatic heterocycles. The summed E-state index contributed by atoms with van der Waals surface area (Å²) < 4.78 is 0. The van der Waals surface area contributed by atoms with Gasteiger partial charge in [-0.2, -0.15) is 9.98 Å². The second kappa shape index (κ2) is 25.2. The van der Waals surface area contributed by atoms with Gasteiger partial charge in [-0.15, -0.1) is 0 Å². The van der Waals surface area contributed by atoms with Crippen molar-refractivity contribution in [1.29, 1.82) is 0 Å². The number of hydrogen-bond acceptors (Lipinski definition) is 3. The maximum absolute atomic E-state index is 10.1. The largest absolute Gasteiger partial charge is 0.481 e. The van der Waals surface area contributed by atoms with Crippen LogP contribution in [0.5, 0.6) is 0 Å². The normalized spacial score (nSPS) is 12.3. The van der Waals surface area contributed by atoms with Gasteiger partial charge in [0, 0.05) is 40.9 Å². The van der Waals surface area contributed by atoms with Gasteiger partial charge in [0.2, 0.25) is 23.8 Å². The highest BCUT2D eigenvalue weighted by molar-refractivity contribution is 6.31. The van der Waals surface area contributed by atoms with Gasteiger partial charge in [-0.05, 0) is 67.8 Å². The van der Waals surface area contributed by atoms with Gasteiger partial charge in [0.15, 0.2) is 0 Å². The van der Waals surface area contributed by atoms with Gasteiger partial charge in [-0.1, -0.05) is 81.5 Å². The quantitative estimate of drug-likeness (QED) is 0.0552. The SMILES string of the molecule is CCCCCCCCCC(=O)O.NC(=NCCCCCCN=C(N)N=C(N)Nc1ccc(Cl)cc1)N=C(N)Nc1ccc(Cl)cc1. The van der Waals surface area contributed by atoms with Crippen LogP contribution in [0.2, 0.25) is 10.0 Å². The summed E-state index contributed by atoms with van der Waals surface area (Å²) in [4.78, 5) is 26.6. The molecule has 0 aromatic heterocycles. The standard InChI is InChI=1S/C22H30Cl2N10.C10H20O2/c23-15-5-9-17(10-6-15)31-21(27)33-19(25)29-13-3-1-2-4-14-30-20(26)34-22(28)32-18-11-7-16(24)8-12-18;1-2-3-4-5-6-7-8-9-10(11)12/h5-12H,1-4,13-14H2,(H5,25,27,29,31,33)(H5,26,28,30,32,34);2-9H2,1H3,(H,11,12). The fraction of sp³-hybridized carbons (Fsp3) is 0.469. The molecule has 0 unspecified atom stereocenters. The molecule has 0 aliphatic rings. The van der Waals surface area contributed by atoms with E-state index in [0.717, 1.165) is 49.9 Å². The number of rotatable bonds is 17. The number of unbranched alkanes of at least 4 members (excludes halogenated alkanes) is 9. The Morgan fingerprint density at radius 3 is 1.39 bits per heavy atom. The number of hydrogen-bond donors (Lipinski definition) is 7. The van der Waals surface area contributed by atoms with Crippen molar-refractivity contribution >= 4 is 64.4 Å². The van der Waals surface area contributed by atoms with Crippen LogP contribution in [0.3, 0.4) is 0 Å². The number of carbonyl (C=O) groups is 1. The smallest absolute Gasteiger partial charge is 0.303 e. The average Bonchev–Trinajstić information content (AvgIpc) is 3.00. The fourth-order valence-corrected chi connectivity index (χ4v) is 4.19. The number of aliphatic imine (C=N–C) groups is 4. The van der Waals surface area contributed by atoms with Crippen LogP contribution in [0, 0.1) is 0 Å². The maximum atomic E-state index is 10.1. The summed E-state index contributed by atoms with van der Waals surface area (Å²) in [5, 5.41) is 15.5. The Kier molecular flexibility index (Phi) is 21.9. The van der Waals surface area contributed by atoms with Crippen molar-refractivity contribution in [1.82, 2.24) is 0 Å². The minimum atomic E-state index is -0.663. The highest BCUT2D eigenvalue weighted by Crippen LogP contribution is 2.14. The molecule has 0 saturated heterocycles. The molecule has 0 spiro atoms. The van der Waals surface area contributed by atoms with E-state index in [4.69, 9.17) is 51.2 Å². The van der Waals surface area contributed by atoms with Crippen LogP contribution in [0.1, 0.15) is 84.0 Å². The molecule has 11 N–H and O–H groups in total. The second-order valence-electron chi connectivity index (χ2n) is 10.4. The van der Waals surface area contributed by atoms with Crippen molar-refractivity contribution in [3.05, 3.63) is 58.6 Å². The Hall–Kier alpha value is -4.03. The zero-order chi connectivity index (χ0) is 34.0. The molecular weight excluding hydrogens is 627 g/mol. The lowest BCUT2D eigenvalue weighted by atomic mass is 10.1. The summed E-state index contributed by atoms with van der Waals surface area (Å²) in [6.45, 7) is 3.32. The van der Waals surface area contributed by atoms with Crippen molar-refractivity contribution in [2.24, 2.45) is 42.9 Å². The molecule has 0 amide bonds. The summed E-state index contributed by atoms with van der Waals surface area (Å²) in [5.41, 5.74) is 24.8. The van der Waals surface area contributed by atoms with E-state index in [9.17, 15) is 4.79 Å². The van der Waals surface area contributed by atoms with Gasteiger partial charge in [-0.3, -0.25) is 14.8 Å². The first-order chi connectivity index (χ1) is 22.1. The highest BCUT2D eigenvalue weighted by atomic mass is 35.5. The molecule has 12 nitrogen and oxygen atoms in total. The molecule has 0 aliphatic carbocycles. The van der Waals surface area contributed by atoms with Gasteiger partial charge in [0.05, 0.1) is 0 Å². The van der Waals surface area contributed by atoms with Crippen molar-refractivity contribution in [2.45, 2.75) is 84.0 Å². The minimum absolute atomic E-state index is 0.124. The van der Waals surface area contributed by atoms with Crippen LogP contribution in [0.25, 0.3) is 0 Å². The van der Waals surface area contributed by atoms with Gasteiger partial charge >= 0.3 is 5.97 Å². The Morgan fingerprint density at radius 1 is 0.630 bits per heavy atom. The van der Waals surface area contributed by atoms with E-state index in [1.54, 1.807) is 48.5 Å². The first-order valence-electron chi connectivity index (χ1n) is 15.6. The Bertz CT molecular complexity index is 1170. The molecule has 2 aromatic carbocycles. The van der Waals surface area contributed by atoms with Crippen LogP contribution in [0.4, 0.5) is 11.4 Å². The van der Waals surface area contributed by atoms with Crippen molar-refractivity contribution in [3.8, 4) is 0 Å². The van der Waals surface area contributed by atoms with Crippen LogP contribution in [-0.4, -0.2) is 48.0 Å². The molecule has 0 radical (unpaired) electrons. The first-order valence-corrected chi connectivity index (χ1v) is 16.4. The molecule has 254 valence electrons. The number of halogens is 2. The summed E-state index contributed by atoms with van der Waals surface area (Å²) in [6.07, 6.45) is 12.3.